The Labute approximate surface area is 123 Å². The summed E-state index contributed by atoms with van der Waals surface area (Å²) in [5.74, 6) is 1.83. The van der Waals surface area contributed by atoms with Gasteiger partial charge >= 0.3 is 0 Å². The minimum atomic E-state index is 0.437. The first-order valence-corrected chi connectivity index (χ1v) is 7.93. The molecule has 1 aliphatic heterocycles. The molecule has 0 saturated heterocycles. The van der Waals surface area contributed by atoms with Crippen LogP contribution < -0.4 is 10.1 Å². The van der Waals surface area contributed by atoms with Gasteiger partial charge in [0.2, 0.25) is 0 Å². The second kappa shape index (κ2) is 6.10. The van der Waals surface area contributed by atoms with Crippen LogP contribution in [0.2, 0.25) is 0 Å². The zero-order valence-electron chi connectivity index (χ0n) is 11.1. The summed E-state index contributed by atoms with van der Waals surface area (Å²) in [7, 11) is 0. The largest absolute Gasteiger partial charge is 0.493 e. The molecule has 1 aromatic carbocycles. The minimum absolute atomic E-state index is 0.437. The Hall–Kier alpha value is -0.800. The summed E-state index contributed by atoms with van der Waals surface area (Å²) >= 11 is 3.55. The Morgan fingerprint density at radius 1 is 1.26 bits per heavy atom. The van der Waals surface area contributed by atoms with Crippen LogP contribution in [0, 0.1) is 5.92 Å². The van der Waals surface area contributed by atoms with Crippen LogP contribution in [0.1, 0.15) is 37.3 Å². The monoisotopic (exact) mass is 321 g/mol. The third-order valence-corrected chi connectivity index (χ3v) is 4.54. The van der Waals surface area contributed by atoms with Gasteiger partial charge in [0, 0.05) is 22.5 Å². The Morgan fingerprint density at radius 2 is 2.21 bits per heavy atom. The maximum Gasteiger partial charge on any atom is 0.124 e. The summed E-state index contributed by atoms with van der Waals surface area (Å²) in [4.78, 5) is 0. The van der Waals surface area contributed by atoms with E-state index in [0.29, 0.717) is 6.04 Å². The number of hydrogen-bond donors (Lipinski definition) is 1. The van der Waals surface area contributed by atoms with E-state index in [-0.39, 0.29) is 0 Å². The SMILES string of the molecule is Brc1ccc2c(c1)C(NCC1CC=CCC1)CCO2. The fourth-order valence-corrected chi connectivity index (χ4v) is 3.31. The molecule has 102 valence electrons. The Morgan fingerprint density at radius 3 is 3.05 bits per heavy atom. The van der Waals surface area contributed by atoms with Gasteiger partial charge in [0.1, 0.15) is 5.75 Å². The van der Waals surface area contributed by atoms with Crippen LogP contribution in [0.5, 0.6) is 5.75 Å². The molecule has 2 atom stereocenters. The second-order valence-electron chi connectivity index (χ2n) is 5.43. The summed E-state index contributed by atoms with van der Waals surface area (Å²) in [6.45, 7) is 1.93. The zero-order valence-corrected chi connectivity index (χ0v) is 12.7. The lowest BCUT2D eigenvalue weighted by Crippen LogP contribution is -2.31. The van der Waals surface area contributed by atoms with E-state index >= 15 is 0 Å². The highest BCUT2D eigenvalue weighted by Gasteiger charge is 2.22. The molecule has 19 heavy (non-hydrogen) atoms. The fourth-order valence-electron chi connectivity index (χ4n) is 2.93. The third kappa shape index (κ3) is 3.21. The van der Waals surface area contributed by atoms with Crippen LogP contribution in [-0.2, 0) is 0 Å². The van der Waals surface area contributed by atoms with Crippen molar-refractivity contribution in [2.75, 3.05) is 13.2 Å². The number of hydrogen-bond acceptors (Lipinski definition) is 2. The number of halogens is 1. The van der Waals surface area contributed by atoms with Crippen molar-refractivity contribution < 1.29 is 4.74 Å². The Kier molecular flexibility index (Phi) is 4.24. The molecule has 1 heterocycles. The lowest BCUT2D eigenvalue weighted by molar-refractivity contribution is 0.247. The van der Waals surface area contributed by atoms with Crippen LogP contribution in [0.4, 0.5) is 0 Å². The van der Waals surface area contributed by atoms with Gasteiger partial charge in [-0.25, -0.2) is 0 Å². The molecule has 0 radical (unpaired) electrons. The second-order valence-corrected chi connectivity index (χ2v) is 6.35. The summed E-state index contributed by atoms with van der Waals surface area (Å²) in [5.41, 5.74) is 1.30. The predicted molar refractivity (Wildman–Crippen MR) is 81.5 cm³/mol. The van der Waals surface area contributed by atoms with Crippen LogP contribution >= 0.6 is 15.9 Å². The van der Waals surface area contributed by atoms with Crippen LogP contribution in [0.3, 0.4) is 0 Å². The van der Waals surface area contributed by atoms with E-state index < -0.39 is 0 Å². The molecule has 3 rings (SSSR count). The Bertz CT molecular complexity index is 472. The fraction of sp³-hybridized carbons (Fsp3) is 0.500. The molecular formula is C16H20BrNO. The van der Waals surface area contributed by atoms with E-state index in [1.54, 1.807) is 0 Å². The van der Waals surface area contributed by atoms with Gasteiger partial charge in [-0.1, -0.05) is 28.1 Å². The molecule has 2 aliphatic rings. The molecule has 3 heteroatoms. The number of allylic oxidation sites excluding steroid dienone is 2. The average Bonchev–Trinajstić information content (AvgIpc) is 2.46. The van der Waals surface area contributed by atoms with E-state index in [2.05, 4.69) is 45.5 Å². The molecule has 0 bridgehead atoms. The highest BCUT2D eigenvalue weighted by atomic mass is 79.9. The molecule has 1 N–H and O–H groups in total. The highest BCUT2D eigenvalue weighted by molar-refractivity contribution is 9.10. The molecule has 2 nitrogen and oxygen atoms in total. The maximum absolute atomic E-state index is 5.73. The number of nitrogens with one attached hydrogen (secondary N) is 1. The molecule has 1 aliphatic carbocycles. The van der Waals surface area contributed by atoms with Gasteiger partial charge < -0.3 is 10.1 Å². The molecule has 0 fully saturated rings. The molecule has 0 spiro atoms. The molecule has 2 unspecified atom stereocenters. The third-order valence-electron chi connectivity index (χ3n) is 4.04. The standard InChI is InChI=1S/C16H20BrNO/c17-13-6-7-16-14(10-13)15(8-9-19-16)18-11-12-4-2-1-3-5-12/h1-2,6-7,10,12,15,18H,3-5,8-9,11H2. The molecule has 0 aromatic heterocycles. The molecular weight excluding hydrogens is 302 g/mol. The number of fused-ring (bicyclic) bond motifs is 1. The van der Waals surface area contributed by atoms with Gasteiger partial charge in [0.05, 0.1) is 6.61 Å². The van der Waals surface area contributed by atoms with Crippen molar-refractivity contribution in [3.8, 4) is 5.75 Å². The summed E-state index contributed by atoms with van der Waals surface area (Å²) in [6.07, 6.45) is 9.47. The quantitative estimate of drug-likeness (QED) is 0.842. The van der Waals surface area contributed by atoms with Gasteiger partial charge in [-0.05, 0) is 49.9 Å². The van der Waals surface area contributed by atoms with Gasteiger partial charge in [-0.3, -0.25) is 0 Å². The average molecular weight is 322 g/mol. The van der Waals surface area contributed by atoms with Gasteiger partial charge in [0.15, 0.2) is 0 Å². The number of benzene rings is 1. The lowest BCUT2D eigenvalue weighted by Gasteiger charge is -2.29. The summed E-state index contributed by atoms with van der Waals surface area (Å²) in [6, 6.07) is 6.74. The van der Waals surface area contributed by atoms with Gasteiger partial charge in [0.25, 0.3) is 0 Å². The van der Waals surface area contributed by atoms with Crippen molar-refractivity contribution in [1.82, 2.24) is 5.32 Å². The van der Waals surface area contributed by atoms with Crippen molar-refractivity contribution in [2.45, 2.75) is 31.7 Å². The van der Waals surface area contributed by atoms with E-state index in [1.165, 1.54) is 24.8 Å². The van der Waals surface area contributed by atoms with Crippen molar-refractivity contribution >= 4 is 15.9 Å². The van der Waals surface area contributed by atoms with Crippen LogP contribution in [0.25, 0.3) is 0 Å². The lowest BCUT2D eigenvalue weighted by atomic mass is 9.93. The van der Waals surface area contributed by atoms with Crippen molar-refractivity contribution in [1.29, 1.82) is 0 Å². The van der Waals surface area contributed by atoms with Crippen LogP contribution in [-0.4, -0.2) is 13.2 Å². The van der Waals surface area contributed by atoms with Crippen molar-refractivity contribution in [2.24, 2.45) is 5.92 Å². The normalized spacial score (nSPS) is 25.7. The maximum atomic E-state index is 5.73. The van der Waals surface area contributed by atoms with Gasteiger partial charge in [-0.2, -0.15) is 0 Å². The first-order valence-electron chi connectivity index (χ1n) is 7.13. The smallest absolute Gasteiger partial charge is 0.124 e. The number of rotatable bonds is 3. The molecule has 0 amide bonds. The topological polar surface area (TPSA) is 21.3 Å². The first-order chi connectivity index (χ1) is 9.33. The van der Waals surface area contributed by atoms with E-state index in [1.807, 2.05) is 6.07 Å². The van der Waals surface area contributed by atoms with Gasteiger partial charge in [-0.15, -0.1) is 0 Å². The number of ether oxygens (including phenoxy) is 1. The highest BCUT2D eigenvalue weighted by Crippen LogP contribution is 2.34. The Balaban J connectivity index is 1.66. The van der Waals surface area contributed by atoms with Crippen LogP contribution in [0.15, 0.2) is 34.8 Å². The molecule has 0 saturated carbocycles. The van der Waals surface area contributed by atoms with E-state index in [9.17, 15) is 0 Å². The van der Waals surface area contributed by atoms with E-state index in [4.69, 9.17) is 4.74 Å². The van der Waals surface area contributed by atoms with E-state index in [0.717, 1.165) is 35.7 Å². The molecule has 1 aromatic rings. The minimum Gasteiger partial charge on any atom is -0.493 e. The summed E-state index contributed by atoms with van der Waals surface area (Å²) < 4.78 is 6.86. The van der Waals surface area contributed by atoms with Crippen molar-refractivity contribution in [3.05, 3.63) is 40.4 Å². The predicted octanol–water partition coefficient (Wildman–Crippen LogP) is 4.22. The first kappa shape index (κ1) is 13.2. The summed E-state index contributed by atoms with van der Waals surface area (Å²) in [5, 5.41) is 3.74. The van der Waals surface area contributed by atoms with Crippen molar-refractivity contribution in [3.63, 3.8) is 0 Å². The zero-order chi connectivity index (χ0) is 13.1.